The molecule has 1 spiro atoms. The van der Waals surface area contributed by atoms with Crippen molar-refractivity contribution in [2.45, 2.75) is 6.54 Å². The van der Waals surface area contributed by atoms with Crippen molar-refractivity contribution >= 4 is 18.9 Å². The molecule has 2 aromatic rings. The van der Waals surface area contributed by atoms with Gasteiger partial charge in [-0.05, 0) is 24.3 Å². The lowest BCUT2D eigenvalue weighted by atomic mass is 9.96. The van der Waals surface area contributed by atoms with Crippen LogP contribution in [0.2, 0.25) is 0 Å². The van der Waals surface area contributed by atoms with Gasteiger partial charge in [0.1, 0.15) is 13.1 Å². The normalized spacial score (nSPS) is 20.4. The van der Waals surface area contributed by atoms with Gasteiger partial charge in [-0.1, -0.05) is 18.2 Å². The highest BCUT2D eigenvalue weighted by molar-refractivity contribution is 6.61. The van der Waals surface area contributed by atoms with E-state index in [4.69, 9.17) is 18.6 Å². The van der Waals surface area contributed by atoms with E-state index in [9.17, 15) is 14.7 Å². The molecule has 0 saturated heterocycles. The molecule has 0 bridgehead atoms. The van der Waals surface area contributed by atoms with Gasteiger partial charge in [-0.15, -0.1) is 0 Å². The number of hydrogen-bond donors (Lipinski definition) is 1. The van der Waals surface area contributed by atoms with Gasteiger partial charge >= 0.3 is 18.9 Å². The smallest absolute Gasteiger partial charge is 0.610 e. The number of quaternary nitrogens is 1. The predicted octanol–water partition coefficient (Wildman–Crippen LogP) is 1.49. The van der Waals surface area contributed by atoms with Crippen molar-refractivity contribution in [3.63, 3.8) is 0 Å². The highest BCUT2D eigenvalue weighted by Crippen LogP contribution is 2.36. The second-order valence-electron chi connectivity index (χ2n) is 7.49. The summed E-state index contributed by atoms with van der Waals surface area (Å²) < 4.78 is 22.5. The molecule has 0 saturated carbocycles. The number of carbonyl (C=O) groups is 2. The SMILES string of the molecule is C[N+](C)(CCO)Cc1ccc2c(c1)O[B-]1(OC(=O)c3ccccc3O1)OC2=O. The first kappa shape index (κ1) is 18.3. The van der Waals surface area contributed by atoms with Crippen LogP contribution in [-0.2, 0) is 15.9 Å². The second-order valence-corrected chi connectivity index (χ2v) is 7.49. The quantitative estimate of drug-likeness (QED) is 0.630. The van der Waals surface area contributed by atoms with E-state index in [1.807, 2.05) is 14.1 Å². The molecule has 0 aliphatic carbocycles. The summed E-state index contributed by atoms with van der Waals surface area (Å²) in [5.74, 6) is -0.920. The largest absolute Gasteiger partial charge is 0.781 e. The van der Waals surface area contributed by atoms with Crippen LogP contribution in [0.15, 0.2) is 42.5 Å². The minimum atomic E-state index is -3.08. The van der Waals surface area contributed by atoms with E-state index >= 15 is 0 Å². The number of aliphatic hydroxyl groups is 1. The molecule has 2 aliphatic rings. The Kier molecular flexibility index (Phi) is 4.28. The van der Waals surface area contributed by atoms with Gasteiger partial charge in [0.25, 0.3) is 0 Å². The number of benzene rings is 2. The summed E-state index contributed by atoms with van der Waals surface area (Å²) in [5, 5.41) is 9.21. The van der Waals surface area contributed by atoms with Gasteiger partial charge in [0.15, 0.2) is 0 Å². The number of aliphatic hydroxyl groups excluding tert-OH is 1. The molecule has 9 heteroatoms. The average Bonchev–Trinajstić information content (AvgIpc) is 2.60. The third-order valence-electron chi connectivity index (χ3n) is 4.73. The fourth-order valence-corrected chi connectivity index (χ4v) is 3.36. The first-order chi connectivity index (χ1) is 13.3. The fraction of sp³-hybridized carbons (Fsp3) is 0.263. The van der Waals surface area contributed by atoms with E-state index in [-0.39, 0.29) is 29.2 Å². The Morgan fingerprint density at radius 2 is 1.54 bits per heavy atom. The van der Waals surface area contributed by atoms with Crippen LogP contribution in [0.5, 0.6) is 11.5 Å². The van der Waals surface area contributed by atoms with Crippen molar-refractivity contribution in [3.05, 3.63) is 59.2 Å². The van der Waals surface area contributed by atoms with Crippen molar-refractivity contribution in [1.82, 2.24) is 0 Å². The molecule has 2 aromatic carbocycles. The van der Waals surface area contributed by atoms with Crippen molar-refractivity contribution in [3.8, 4) is 11.5 Å². The number of hydrogen-bond acceptors (Lipinski definition) is 7. The molecule has 1 atom stereocenters. The third-order valence-corrected chi connectivity index (χ3v) is 4.73. The van der Waals surface area contributed by atoms with E-state index in [0.29, 0.717) is 17.6 Å². The Labute approximate surface area is 161 Å². The van der Waals surface area contributed by atoms with Gasteiger partial charge in [0, 0.05) is 5.56 Å². The molecule has 1 unspecified atom stereocenters. The molecule has 8 nitrogen and oxygen atoms in total. The van der Waals surface area contributed by atoms with Crippen LogP contribution in [0, 0.1) is 0 Å². The maximum Gasteiger partial charge on any atom is 0.781 e. The molecule has 28 heavy (non-hydrogen) atoms. The van der Waals surface area contributed by atoms with Crippen LogP contribution in [0.1, 0.15) is 26.3 Å². The molecule has 1 N–H and O–H groups in total. The van der Waals surface area contributed by atoms with Gasteiger partial charge < -0.3 is 28.2 Å². The average molecular weight is 385 g/mol. The summed E-state index contributed by atoms with van der Waals surface area (Å²) in [6, 6.07) is 11.6. The van der Waals surface area contributed by atoms with Crippen LogP contribution < -0.4 is 9.31 Å². The third kappa shape index (κ3) is 3.30. The molecule has 0 radical (unpaired) electrons. The number of likely N-dealkylation sites (N-methyl/N-ethyl adjacent to an activating group) is 1. The summed E-state index contributed by atoms with van der Waals surface area (Å²) in [7, 11) is 3.97. The van der Waals surface area contributed by atoms with Gasteiger partial charge in [-0.2, -0.15) is 0 Å². The van der Waals surface area contributed by atoms with E-state index in [0.717, 1.165) is 5.56 Å². The summed E-state index contributed by atoms with van der Waals surface area (Å²) in [5.41, 5.74) is 1.35. The lowest BCUT2D eigenvalue weighted by Gasteiger charge is -2.45. The zero-order valence-corrected chi connectivity index (χ0v) is 15.6. The van der Waals surface area contributed by atoms with Crippen LogP contribution in [0.3, 0.4) is 0 Å². The van der Waals surface area contributed by atoms with Crippen LogP contribution in [0.4, 0.5) is 0 Å². The Balaban J connectivity index is 1.65. The molecule has 146 valence electrons. The number of rotatable bonds is 4. The van der Waals surface area contributed by atoms with Crippen molar-refractivity contribution in [2.24, 2.45) is 0 Å². The van der Waals surface area contributed by atoms with E-state index < -0.39 is 18.9 Å². The molecule has 0 aromatic heterocycles. The van der Waals surface area contributed by atoms with Crippen molar-refractivity contribution in [2.75, 3.05) is 27.2 Å². The molecule has 4 rings (SSSR count). The summed E-state index contributed by atoms with van der Waals surface area (Å²) in [6.07, 6.45) is 0. The molecule has 2 heterocycles. The number of carbonyl (C=O) groups excluding carboxylic acids is 2. The van der Waals surface area contributed by atoms with Crippen molar-refractivity contribution < 1.29 is 37.8 Å². The minimum Gasteiger partial charge on any atom is -0.610 e. The lowest BCUT2D eigenvalue weighted by Crippen LogP contribution is -2.61. The highest BCUT2D eigenvalue weighted by atomic mass is 16.9. The highest BCUT2D eigenvalue weighted by Gasteiger charge is 2.52. The minimum absolute atomic E-state index is 0.0657. The Bertz CT molecular complexity index is 961. The van der Waals surface area contributed by atoms with E-state index in [1.165, 1.54) is 0 Å². The van der Waals surface area contributed by atoms with Crippen LogP contribution in [0.25, 0.3) is 0 Å². The zero-order chi connectivity index (χ0) is 19.9. The molecular weight excluding hydrogens is 365 g/mol. The predicted molar refractivity (Wildman–Crippen MR) is 98.5 cm³/mol. The first-order valence-corrected chi connectivity index (χ1v) is 8.93. The van der Waals surface area contributed by atoms with Crippen LogP contribution in [-0.4, -0.2) is 55.7 Å². The van der Waals surface area contributed by atoms with Crippen molar-refractivity contribution in [1.29, 1.82) is 0 Å². The number of fused-ring (bicyclic) bond motifs is 2. The maximum absolute atomic E-state index is 12.5. The molecule has 0 amide bonds. The zero-order valence-electron chi connectivity index (χ0n) is 15.6. The fourth-order valence-electron chi connectivity index (χ4n) is 3.36. The monoisotopic (exact) mass is 385 g/mol. The number of para-hydroxylation sites is 1. The van der Waals surface area contributed by atoms with Crippen LogP contribution >= 0.6 is 0 Å². The summed E-state index contributed by atoms with van der Waals surface area (Å²) in [4.78, 5) is 24.8. The molecule has 0 fully saturated rings. The summed E-state index contributed by atoms with van der Waals surface area (Å²) in [6.45, 7) is -1.83. The summed E-state index contributed by atoms with van der Waals surface area (Å²) >= 11 is 0. The van der Waals surface area contributed by atoms with E-state index in [1.54, 1.807) is 42.5 Å². The number of nitrogens with zero attached hydrogens (tertiary/aromatic N) is 1. The Hall–Kier alpha value is -3.04. The molecular formula is C19H20BNO7. The van der Waals surface area contributed by atoms with Gasteiger partial charge in [-0.3, -0.25) is 9.59 Å². The first-order valence-electron chi connectivity index (χ1n) is 8.93. The van der Waals surface area contributed by atoms with E-state index in [2.05, 4.69) is 0 Å². The van der Waals surface area contributed by atoms with Gasteiger partial charge in [0.05, 0.1) is 43.3 Å². The topological polar surface area (TPSA) is 91.3 Å². The molecule has 2 aliphatic heterocycles. The standard InChI is InChI=1S/C19H20BNO7/c1-21(2,9-10-22)12-13-7-8-15-17(11-13)26-20(28-19(15)24)25-16-6-4-3-5-14(16)18(23)27-20/h3-8,11,22H,9-10,12H2,1-2H3. The van der Waals surface area contributed by atoms with Gasteiger partial charge in [0.2, 0.25) is 0 Å². The maximum atomic E-state index is 12.5. The Morgan fingerprint density at radius 3 is 2.25 bits per heavy atom. The van der Waals surface area contributed by atoms with Gasteiger partial charge in [-0.25, -0.2) is 0 Å². The lowest BCUT2D eigenvalue weighted by molar-refractivity contribution is -0.903. The second kappa shape index (κ2) is 6.54. The Morgan fingerprint density at radius 1 is 0.893 bits per heavy atom.